The van der Waals surface area contributed by atoms with Gasteiger partial charge in [-0.2, -0.15) is 0 Å². The van der Waals surface area contributed by atoms with Gasteiger partial charge in [-0.05, 0) is 24.6 Å². The number of aromatic nitrogens is 1. The number of hydrogen-bond donors (Lipinski definition) is 0. The zero-order chi connectivity index (χ0) is 9.10. The Morgan fingerprint density at radius 3 is 2.36 bits per heavy atom. The largest absolute Gasteiger partial charge is 0.256 e. The number of aryl methyl sites for hydroxylation is 1. The Bertz CT molecular complexity index is 398. The summed E-state index contributed by atoms with van der Waals surface area (Å²) in [7, 11) is 0. The first kappa shape index (κ1) is 11.1. The van der Waals surface area contributed by atoms with Crippen LogP contribution in [-0.2, 0) is 20.1 Å². The third-order valence-corrected chi connectivity index (χ3v) is 1.98. The fourth-order valence-corrected chi connectivity index (χ4v) is 1.30. The van der Waals surface area contributed by atoms with Gasteiger partial charge in [-0.25, -0.2) is 0 Å². The number of benzene rings is 1. The minimum Gasteiger partial charge on any atom is -0.256 e. The Labute approximate surface area is 97.6 Å². The summed E-state index contributed by atoms with van der Waals surface area (Å²) >= 11 is 0. The van der Waals surface area contributed by atoms with E-state index in [9.17, 15) is 0 Å². The molecular formula is C12H11IrN. The van der Waals surface area contributed by atoms with Crippen molar-refractivity contribution in [3.8, 4) is 11.3 Å². The average molecular weight is 361 g/mol. The summed E-state index contributed by atoms with van der Waals surface area (Å²) in [4.78, 5) is 4.31. The third-order valence-electron chi connectivity index (χ3n) is 1.98. The maximum absolute atomic E-state index is 4.31. The predicted molar refractivity (Wildman–Crippen MR) is 54.4 cm³/mol. The molecule has 2 aromatic rings. The minimum atomic E-state index is 0. The predicted octanol–water partition coefficient (Wildman–Crippen LogP) is 3.05. The van der Waals surface area contributed by atoms with Gasteiger partial charge in [0.25, 0.3) is 0 Å². The smallest absolute Gasteiger partial charge is 0.0704 e. The van der Waals surface area contributed by atoms with Crippen molar-refractivity contribution in [1.82, 2.24) is 4.98 Å². The summed E-state index contributed by atoms with van der Waals surface area (Å²) in [5, 5.41) is 0. The molecule has 73 valence electrons. The van der Waals surface area contributed by atoms with Crippen molar-refractivity contribution in [2.24, 2.45) is 0 Å². The Morgan fingerprint density at radius 2 is 1.71 bits per heavy atom. The van der Waals surface area contributed by atoms with E-state index in [0.29, 0.717) is 0 Å². The molecule has 1 aromatic carbocycles. The molecular weight excluding hydrogens is 350 g/mol. The SMILES string of the molecule is Cc1ccnc(-c2ccccc2)c1.[Ir]. The van der Waals surface area contributed by atoms with Crippen molar-refractivity contribution in [2.45, 2.75) is 6.92 Å². The summed E-state index contributed by atoms with van der Waals surface area (Å²) in [6.07, 6.45) is 1.84. The van der Waals surface area contributed by atoms with Crippen LogP contribution in [0.5, 0.6) is 0 Å². The maximum Gasteiger partial charge on any atom is 0.0704 e. The van der Waals surface area contributed by atoms with E-state index in [1.54, 1.807) is 0 Å². The second-order valence-corrected chi connectivity index (χ2v) is 3.08. The third kappa shape index (κ3) is 2.50. The zero-order valence-electron chi connectivity index (χ0n) is 7.90. The molecule has 14 heavy (non-hydrogen) atoms. The molecule has 0 bridgehead atoms. The molecule has 0 N–H and O–H groups in total. The zero-order valence-corrected chi connectivity index (χ0v) is 10.3. The van der Waals surface area contributed by atoms with E-state index >= 15 is 0 Å². The van der Waals surface area contributed by atoms with Crippen LogP contribution < -0.4 is 0 Å². The Balaban J connectivity index is 0.000000980. The van der Waals surface area contributed by atoms with E-state index in [0.717, 1.165) is 5.69 Å². The minimum absolute atomic E-state index is 0. The van der Waals surface area contributed by atoms with Gasteiger partial charge in [0.05, 0.1) is 5.69 Å². The molecule has 0 amide bonds. The van der Waals surface area contributed by atoms with Gasteiger partial charge in [-0.1, -0.05) is 30.3 Å². The van der Waals surface area contributed by atoms with Crippen LogP contribution in [0.2, 0.25) is 0 Å². The van der Waals surface area contributed by atoms with E-state index < -0.39 is 0 Å². The van der Waals surface area contributed by atoms with Crippen LogP contribution in [0.3, 0.4) is 0 Å². The first-order valence-corrected chi connectivity index (χ1v) is 4.34. The molecule has 1 heterocycles. The van der Waals surface area contributed by atoms with Crippen LogP contribution in [0.25, 0.3) is 11.3 Å². The van der Waals surface area contributed by atoms with Crippen LogP contribution in [0.1, 0.15) is 5.56 Å². The maximum atomic E-state index is 4.31. The van der Waals surface area contributed by atoms with Crippen molar-refractivity contribution in [3.63, 3.8) is 0 Å². The van der Waals surface area contributed by atoms with E-state index in [1.165, 1.54) is 11.1 Å². The van der Waals surface area contributed by atoms with E-state index in [4.69, 9.17) is 0 Å². The molecule has 0 spiro atoms. The molecule has 1 aromatic heterocycles. The fourth-order valence-electron chi connectivity index (χ4n) is 1.30. The molecule has 0 saturated heterocycles. The molecule has 0 aliphatic rings. The second kappa shape index (κ2) is 5.04. The number of rotatable bonds is 1. The van der Waals surface area contributed by atoms with Gasteiger partial charge in [-0.15, -0.1) is 0 Å². The van der Waals surface area contributed by atoms with Gasteiger partial charge in [0, 0.05) is 31.9 Å². The van der Waals surface area contributed by atoms with Crippen molar-refractivity contribution in [3.05, 3.63) is 54.2 Å². The summed E-state index contributed by atoms with van der Waals surface area (Å²) in [6, 6.07) is 14.3. The van der Waals surface area contributed by atoms with Gasteiger partial charge in [0.1, 0.15) is 0 Å². The van der Waals surface area contributed by atoms with Crippen LogP contribution >= 0.6 is 0 Å². The average Bonchev–Trinajstić information content (AvgIpc) is 2.19. The van der Waals surface area contributed by atoms with Gasteiger partial charge in [0.2, 0.25) is 0 Å². The molecule has 1 radical (unpaired) electrons. The quantitative estimate of drug-likeness (QED) is 0.761. The van der Waals surface area contributed by atoms with Gasteiger partial charge < -0.3 is 0 Å². The normalized spacial score (nSPS) is 9.21. The topological polar surface area (TPSA) is 12.9 Å². The van der Waals surface area contributed by atoms with Gasteiger partial charge >= 0.3 is 0 Å². The van der Waals surface area contributed by atoms with Crippen LogP contribution in [0.4, 0.5) is 0 Å². The van der Waals surface area contributed by atoms with Gasteiger partial charge in [-0.3, -0.25) is 4.98 Å². The van der Waals surface area contributed by atoms with Crippen molar-refractivity contribution in [2.75, 3.05) is 0 Å². The monoisotopic (exact) mass is 362 g/mol. The van der Waals surface area contributed by atoms with Gasteiger partial charge in [0.15, 0.2) is 0 Å². The summed E-state index contributed by atoms with van der Waals surface area (Å²) in [5.74, 6) is 0. The molecule has 2 heteroatoms. The second-order valence-electron chi connectivity index (χ2n) is 3.08. The summed E-state index contributed by atoms with van der Waals surface area (Å²) in [5.41, 5.74) is 3.46. The first-order chi connectivity index (χ1) is 6.36. The molecule has 0 unspecified atom stereocenters. The van der Waals surface area contributed by atoms with E-state index in [2.05, 4.69) is 30.1 Å². The number of hydrogen-bond acceptors (Lipinski definition) is 1. The summed E-state index contributed by atoms with van der Waals surface area (Å²) in [6.45, 7) is 2.08. The Morgan fingerprint density at radius 1 is 1.00 bits per heavy atom. The summed E-state index contributed by atoms with van der Waals surface area (Å²) < 4.78 is 0. The van der Waals surface area contributed by atoms with Crippen LogP contribution in [-0.4, -0.2) is 4.98 Å². The first-order valence-electron chi connectivity index (χ1n) is 4.34. The van der Waals surface area contributed by atoms with Crippen molar-refractivity contribution >= 4 is 0 Å². The van der Waals surface area contributed by atoms with Crippen LogP contribution in [0.15, 0.2) is 48.7 Å². The fraction of sp³-hybridized carbons (Fsp3) is 0.0833. The van der Waals surface area contributed by atoms with Crippen molar-refractivity contribution < 1.29 is 20.1 Å². The number of pyridine rings is 1. The van der Waals surface area contributed by atoms with E-state index in [-0.39, 0.29) is 20.1 Å². The number of nitrogens with zero attached hydrogens (tertiary/aromatic N) is 1. The molecule has 0 fully saturated rings. The standard InChI is InChI=1S/C12H11N.Ir/c1-10-7-8-13-12(9-10)11-5-3-2-4-6-11;/h2-9H,1H3;. The van der Waals surface area contributed by atoms with Crippen molar-refractivity contribution in [1.29, 1.82) is 0 Å². The van der Waals surface area contributed by atoms with Crippen LogP contribution in [0, 0.1) is 6.92 Å². The molecule has 0 aliphatic carbocycles. The molecule has 0 atom stereocenters. The molecule has 0 aliphatic heterocycles. The Hall–Kier alpha value is -0.981. The molecule has 0 saturated carbocycles. The Kier molecular flexibility index (Phi) is 3.99. The molecule has 2 rings (SSSR count). The molecule has 1 nitrogen and oxygen atoms in total. The van der Waals surface area contributed by atoms with E-state index in [1.807, 2.05) is 30.5 Å².